The number of rotatable bonds is 5. The highest BCUT2D eigenvalue weighted by molar-refractivity contribution is 7.10. The molecule has 1 aliphatic rings. The van der Waals surface area contributed by atoms with Gasteiger partial charge >= 0.3 is 0 Å². The first-order valence-corrected chi connectivity index (χ1v) is 9.39. The van der Waals surface area contributed by atoms with Crippen LogP contribution in [0.15, 0.2) is 34.2 Å². The summed E-state index contributed by atoms with van der Waals surface area (Å²) in [5.41, 5.74) is 2.53. The highest BCUT2D eigenvalue weighted by atomic mass is 32.1. The monoisotopic (exact) mass is 371 g/mol. The van der Waals surface area contributed by atoms with E-state index in [1.807, 2.05) is 6.92 Å². The maximum absolute atomic E-state index is 5.54. The molecule has 0 N–H and O–H groups in total. The van der Waals surface area contributed by atoms with Crippen LogP contribution in [0.4, 0.5) is 0 Å². The van der Waals surface area contributed by atoms with Crippen LogP contribution in [0.3, 0.4) is 0 Å². The van der Waals surface area contributed by atoms with Gasteiger partial charge in [-0.05, 0) is 48.1 Å². The average Bonchev–Trinajstić information content (AvgIpc) is 3.32. The number of methoxy groups -OCH3 is 2. The van der Waals surface area contributed by atoms with Gasteiger partial charge in [0.25, 0.3) is 0 Å². The minimum atomic E-state index is 0.130. The van der Waals surface area contributed by atoms with E-state index >= 15 is 0 Å². The van der Waals surface area contributed by atoms with E-state index in [4.69, 9.17) is 14.0 Å². The molecule has 0 saturated heterocycles. The van der Waals surface area contributed by atoms with Crippen molar-refractivity contribution in [1.82, 2.24) is 15.0 Å². The van der Waals surface area contributed by atoms with E-state index in [0.717, 1.165) is 24.5 Å². The predicted molar refractivity (Wildman–Crippen MR) is 98.9 cm³/mol. The Balaban J connectivity index is 1.76. The van der Waals surface area contributed by atoms with Crippen LogP contribution in [-0.4, -0.2) is 35.8 Å². The van der Waals surface area contributed by atoms with Crippen molar-refractivity contribution in [1.29, 1.82) is 0 Å². The van der Waals surface area contributed by atoms with Crippen molar-refractivity contribution in [3.63, 3.8) is 0 Å². The van der Waals surface area contributed by atoms with Crippen molar-refractivity contribution in [2.45, 2.75) is 25.9 Å². The number of benzene rings is 1. The van der Waals surface area contributed by atoms with Crippen LogP contribution in [0, 0.1) is 6.92 Å². The number of fused-ring (bicyclic) bond motifs is 1. The van der Waals surface area contributed by atoms with Gasteiger partial charge in [0.1, 0.15) is 0 Å². The van der Waals surface area contributed by atoms with Crippen LogP contribution >= 0.6 is 11.3 Å². The van der Waals surface area contributed by atoms with E-state index in [9.17, 15) is 0 Å². The van der Waals surface area contributed by atoms with Gasteiger partial charge in [-0.2, -0.15) is 4.98 Å². The highest BCUT2D eigenvalue weighted by Crippen LogP contribution is 2.42. The van der Waals surface area contributed by atoms with E-state index in [2.05, 4.69) is 44.7 Å². The second-order valence-corrected chi connectivity index (χ2v) is 7.26. The summed E-state index contributed by atoms with van der Waals surface area (Å²) in [6.45, 7) is 3.37. The molecule has 1 atom stereocenters. The molecule has 1 aliphatic heterocycles. The third-order valence-corrected chi connectivity index (χ3v) is 5.62. The van der Waals surface area contributed by atoms with Crippen LogP contribution in [0.1, 0.15) is 33.8 Å². The van der Waals surface area contributed by atoms with E-state index < -0.39 is 0 Å². The molecule has 1 aromatic carbocycles. The first-order valence-electron chi connectivity index (χ1n) is 8.51. The lowest BCUT2D eigenvalue weighted by atomic mass is 9.91. The predicted octanol–water partition coefficient (Wildman–Crippen LogP) is 3.60. The second-order valence-electron chi connectivity index (χ2n) is 6.28. The number of aromatic nitrogens is 2. The molecule has 4 rings (SSSR count). The molecule has 0 amide bonds. The molecule has 0 fully saturated rings. The number of aryl methyl sites for hydroxylation is 1. The lowest BCUT2D eigenvalue weighted by molar-refractivity contribution is 0.179. The van der Waals surface area contributed by atoms with Crippen LogP contribution < -0.4 is 9.47 Å². The summed E-state index contributed by atoms with van der Waals surface area (Å²) in [6.07, 6.45) is 0.935. The summed E-state index contributed by atoms with van der Waals surface area (Å²) >= 11 is 1.76. The van der Waals surface area contributed by atoms with E-state index in [0.29, 0.717) is 18.3 Å². The standard InChI is InChI=1S/C19H21N3O3S/c1-12-20-18(25-21-12)11-22-7-6-13-9-15(23-2)16(24-3)10-14(13)19(22)17-5-4-8-26-17/h4-5,8-10,19H,6-7,11H2,1-3H3. The fraction of sp³-hybridized carbons (Fsp3) is 0.368. The molecular weight excluding hydrogens is 350 g/mol. The maximum Gasteiger partial charge on any atom is 0.240 e. The van der Waals surface area contributed by atoms with Crippen molar-refractivity contribution in [3.8, 4) is 11.5 Å². The third kappa shape index (κ3) is 3.08. The second kappa shape index (κ2) is 7.09. The fourth-order valence-electron chi connectivity index (χ4n) is 3.53. The molecule has 1 unspecified atom stereocenters. The summed E-state index contributed by atoms with van der Waals surface area (Å²) in [7, 11) is 3.35. The topological polar surface area (TPSA) is 60.6 Å². The first-order chi connectivity index (χ1) is 12.7. The van der Waals surface area contributed by atoms with Gasteiger partial charge in [0.05, 0.1) is 26.8 Å². The molecule has 6 nitrogen and oxygen atoms in total. The molecule has 26 heavy (non-hydrogen) atoms. The Morgan fingerprint density at radius 1 is 1.27 bits per heavy atom. The van der Waals surface area contributed by atoms with Crippen molar-refractivity contribution in [2.24, 2.45) is 0 Å². The molecule has 0 aliphatic carbocycles. The third-order valence-electron chi connectivity index (χ3n) is 4.69. The van der Waals surface area contributed by atoms with Gasteiger partial charge in [-0.3, -0.25) is 4.90 Å². The van der Waals surface area contributed by atoms with E-state index in [1.165, 1.54) is 16.0 Å². The van der Waals surface area contributed by atoms with Crippen LogP contribution in [0.5, 0.6) is 11.5 Å². The highest BCUT2D eigenvalue weighted by Gasteiger charge is 2.32. The van der Waals surface area contributed by atoms with Crippen molar-refractivity contribution < 1.29 is 14.0 Å². The average molecular weight is 371 g/mol. The molecule has 3 aromatic rings. The Morgan fingerprint density at radius 3 is 2.73 bits per heavy atom. The van der Waals surface area contributed by atoms with Crippen molar-refractivity contribution in [3.05, 3.63) is 57.4 Å². The van der Waals surface area contributed by atoms with Crippen LogP contribution in [0.25, 0.3) is 0 Å². The normalized spacial score (nSPS) is 17.1. The molecule has 0 bridgehead atoms. The van der Waals surface area contributed by atoms with Gasteiger partial charge in [-0.1, -0.05) is 11.2 Å². The lowest BCUT2D eigenvalue weighted by Gasteiger charge is -2.36. The molecule has 2 aromatic heterocycles. The Hall–Kier alpha value is -2.38. The van der Waals surface area contributed by atoms with Gasteiger partial charge in [0, 0.05) is 11.4 Å². The summed E-state index contributed by atoms with van der Waals surface area (Å²) in [5, 5.41) is 6.03. The molecule has 0 radical (unpaired) electrons. The zero-order chi connectivity index (χ0) is 18.1. The Bertz CT molecular complexity index is 892. The molecular formula is C19H21N3O3S. The minimum Gasteiger partial charge on any atom is -0.493 e. The fourth-order valence-corrected chi connectivity index (χ4v) is 4.40. The Morgan fingerprint density at radius 2 is 2.08 bits per heavy atom. The zero-order valence-electron chi connectivity index (χ0n) is 15.1. The summed E-state index contributed by atoms with van der Waals surface area (Å²) in [4.78, 5) is 8.05. The number of hydrogen-bond acceptors (Lipinski definition) is 7. The molecule has 136 valence electrons. The number of hydrogen-bond donors (Lipinski definition) is 0. The molecule has 7 heteroatoms. The van der Waals surface area contributed by atoms with Crippen molar-refractivity contribution in [2.75, 3.05) is 20.8 Å². The summed E-state index contributed by atoms with van der Waals surface area (Å²) in [5.74, 6) is 2.84. The summed E-state index contributed by atoms with van der Waals surface area (Å²) in [6, 6.07) is 8.59. The largest absolute Gasteiger partial charge is 0.493 e. The quantitative estimate of drug-likeness (QED) is 0.683. The van der Waals surface area contributed by atoms with Crippen LogP contribution in [-0.2, 0) is 13.0 Å². The van der Waals surface area contributed by atoms with E-state index in [-0.39, 0.29) is 6.04 Å². The number of ether oxygens (including phenoxy) is 2. The number of nitrogens with zero attached hydrogens (tertiary/aromatic N) is 3. The van der Waals surface area contributed by atoms with Gasteiger partial charge in [0.15, 0.2) is 17.3 Å². The zero-order valence-corrected chi connectivity index (χ0v) is 15.9. The van der Waals surface area contributed by atoms with Gasteiger partial charge in [0.2, 0.25) is 5.89 Å². The van der Waals surface area contributed by atoms with Crippen LogP contribution in [0.2, 0.25) is 0 Å². The maximum atomic E-state index is 5.54. The Labute approximate surface area is 156 Å². The SMILES string of the molecule is COc1cc2c(cc1OC)C(c1cccs1)N(Cc1nc(C)no1)CC2. The van der Waals surface area contributed by atoms with Gasteiger partial charge < -0.3 is 14.0 Å². The smallest absolute Gasteiger partial charge is 0.240 e. The lowest BCUT2D eigenvalue weighted by Crippen LogP contribution is -2.35. The summed E-state index contributed by atoms with van der Waals surface area (Å²) < 4.78 is 16.4. The molecule has 0 saturated carbocycles. The van der Waals surface area contributed by atoms with Gasteiger partial charge in [-0.15, -0.1) is 11.3 Å². The number of thiophene rings is 1. The van der Waals surface area contributed by atoms with E-state index in [1.54, 1.807) is 25.6 Å². The first kappa shape index (κ1) is 17.1. The molecule has 0 spiro atoms. The van der Waals surface area contributed by atoms with Crippen molar-refractivity contribution >= 4 is 11.3 Å². The Kier molecular flexibility index (Phi) is 4.65. The minimum absolute atomic E-state index is 0.130. The van der Waals surface area contributed by atoms with Gasteiger partial charge in [-0.25, -0.2) is 0 Å². The molecule has 3 heterocycles.